The van der Waals surface area contributed by atoms with E-state index in [1.165, 1.54) is 52.6 Å². The fraction of sp³-hybridized carbons (Fsp3) is 0.250. The summed E-state index contributed by atoms with van der Waals surface area (Å²) in [7, 11) is 0. The molecule has 0 aliphatic heterocycles. The number of carbonyl (C=O) groups excluding carboxylic acids is 1. The molecule has 4 rings (SSSR count). The monoisotopic (exact) mass is 458 g/mol. The van der Waals surface area contributed by atoms with E-state index >= 15 is 0 Å². The molecule has 0 bridgehead atoms. The molecule has 31 heavy (non-hydrogen) atoms. The Morgan fingerprint density at radius 3 is 2.90 bits per heavy atom. The number of thiophene rings is 1. The summed E-state index contributed by atoms with van der Waals surface area (Å²) >= 11 is 2.82. The van der Waals surface area contributed by atoms with Crippen molar-refractivity contribution in [3.05, 3.63) is 63.3 Å². The molecule has 11 heteroatoms. The molecule has 1 atom stereocenters. The maximum Gasteiger partial charge on any atom is 0.259 e. The number of rotatable bonds is 6. The third kappa shape index (κ3) is 4.37. The normalized spacial score (nSPS) is 12.3. The Balaban J connectivity index is 1.41. The molecule has 3 heterocycles. The SMILES string of the molecule is Cc1sc2nc(CS[C@@H](C)C(=O)Nc3ccc(-n4cncn4)c(F)c3)[nH]c(=O)c2c1C. The van der Waals surface area contributed by atoms with Gasteiger partial charge in [-0.05, 0) is 44.5 Å². The first kappa shape index (κ1) is 21.2. The van der Waals surface area contributed by atoms with E-state index in [1.54, 1.807) is 13.0 Å². The molecule has 2 N–H and O–H groups in total. The van der Waals surface area contributed by atoms with Crippen molar-refractivity contribution in [1.82, 2.24) is 24.7 Å². The molecular formula is C20H19FN6O2S2. The molecule has 8 nitrogen and oxygen atoms in total. The summed E-state index contributed by atoms with van der Waals surface area (Å²) in [5, 5.41) is 6.79. The molecule has 0 spiro atoms. The minimum atomic E-state index is -0.528. The predicted molar refractivity (Wildman–Crippen MR) is 120 cm³/mol. The molecule has 4 aromatic rings. The van der Waals surface area contributed by atoms with Gasteiger partial charge in [0.25, 0.3) is 5.56 Å². The molecule has 1 aromatic carbocycles. The van der Waals surface area contributed by atoms with E-state index < -0.39 is 11.1 Å². The highest BCUT2D eigenvalue weighted by molar-refractivity contribution is 7.99. The highest BCUT2D eigenvalue weighted by Crippen LogP contribution is 2.27. The van der Waals surface area contributed by atoms with Gasteiger partial charge in [0, 0.05) is 10.6 Å². The van der Waals surface area contributed by atoms with E-state index in [0.29, 0.717) is 27.5 Å². The molecule has 0 aliphatic carbocycles. The number of hydrogen-bond acceptors (Lipinski definition) is 7. The number of benzene rings is 1. The minimum absolute atomic E-state index is 0.164. The van der Waals surface area contributed by atoms with Crippen LogP contribution in [0.5, 0.6) is 0 Å². The van der Waals surface area contributed by atoms with Crippen LogP contribution in [0.25, 0.3) is 15.9 Å². The van der Waals surface area contributed by atoms with Crippen LogP contribution in [-0.2, 0) is 10.5 Å². The number of halogens is 1. The number of fused-ring (bicyclic) bond motifs is 1. The van der Waals surface area contributed by atoms with Crippen LogP contribution in [0.1, 0.15) is 23.2 Å². The van der Waals surface area contributed by atoms with E-state index in [9.17, 15) is 14.0 Å². The lowest BCUT2D eigenvalue weighted by Crippen LogP contribution is -2.23. The largest absolute Gasteiger partial charge is 0.325 e. The molecule has 0 saturated heterocycles. The van der Waals surface area contributed by atoms with Crippen molar-refractivity contribution < 1.29 is 9.18 Å². The first-order valence-corrected chi connectivity index (χ1v) is 11.3. The summed E-state index contributed by atoms with van der Waals surface area (Å²) in [5.41, 5.74) is 1.36. The van der Waals surface area contributed by atoms with Gasteiger partial charge in [0.2, 0.25) is 5.91 Å². The van der Waals surface area contributed by atoms with Gasteiger partial charge in [-0.15, -0.1) is 23.1 Å². The van der Waals surface area contributed by atoms with Gasteiger partial charge >= 0.3 is 0 Å². The third-order valence-electron chi connectivity index (χ3n) is 4.81. The Labute approximate surface area is 184 Å². The summed E-state index contributed by atoms with van der Waals surface area (Å²) in [4.78, 5) is 37.8. The van der Waals surface area contributed by atoms with Crippen LogP contribution in [0.3, 0.4) is 0 Å². The lowest BCUT2D eigenvalue weighted by molar-refractivity contribution is -0.115. The topological polar surface area (TPSA) is 106 Å². The lowest BCUT2D eigenvalue weighted by atomic mass is 10.2. The van der Waals surface area contributed by atoms with E-state index in [-0.39, 0.29) is 17.2 Å². The summed E-state index contributed by atoms with van der Waals surface area (Å²) in [5.74, 6) is 0.0889. The van der Waals surface area contributed by atoms with Gasteiger partial charge in [0.15, 0.2) is 5.82 Å². The standard InChI is InChI=1S/C20H19FN6O2S2/c1-10-11(2)31-20-17(10)19(29)25-16(26-20)7-30-12(3)18(28)24-13-4-5-15(14(21)6-13)27-9-22-8-23-27/h4-6,8-9,12H,7H2,1-3H3,(H,24,28)(H,25,26,29)/t12-/m0/s1. The first-order chi connectivity index (χ1) is 14.8. The van der Waals surface area contributed by atoms with Crippen LogP contribution in [0.2, 0.25) is 0 Å². The molecule has 160 valence electrons. The number of carbonyl (C=O) groups is 1. The van der Waals surface area contributed by atoms with Crippen molar-refractivity contribution in [1.29, 1.82) is 0 Å². The maximum absolute atomic E-state index is 14.3. The van der Waals surface area contributed by atoms with Crippen LogP contribution >= 0.6 is 23.1 Å². The fourth-order valence-corrected chi connectivity index (χ4v) is 4.80. The summed E-state index contributed by atoms with van der Waals surface area (Å²) in [6.07, 6.45) is 2.71. The summed E-state index contributed by atoms with van der Waals surface area (Å²) in [6.45, 7) is 5.62. The number of amides is 1. The van der Waals surface area contributed by atoms with Crippen molar-refractivity contribution in [2.24, 2.45) is 0 Å². The fourth-order valence-electron chi connectivity index (χ4n) is 2.99. The highest BCUT2D eigenvalue weighted by Gasteiger charge is 2.17. The Bertz CT molecular complexity index is 1320. The quantitative estimate of drug-likeness (QED) is 0.458. The Kier molecular flexibility index (Phi) is 5.88. The number of anilines is 1. The highest BCUT2D eigenvalue weighted by atomic mass is 32.2. The average Bonchev–Trinajstić information content (AvgIpc) is 3.35. The smallest absolute Gasteiger partial charge is 0.259 e. The minimum Gasteiger partial charge on any atom is -0.325 e. The summed E-state index contributed by atoms with van der Waals surface area (Å²) in [6, 6.07) is 4.36. The van der Waals surface area contributed by atoms with Crippen molar-refractivity contribution in [3.63, 3.8) is 0 Å². The van der Waals surface area contributed by atoms with Crippen LogP contribution in [0.15, 0.2) is 35.6 Å². The Morgan fingerprint density at radius 2 is 2.19 bits per heavy atom. The van der Waals surface area contributed by atoms with Crippen LogP contribution in [-0.4, -0.2) is 35.9 Å². The zero-order chi connectivity index (χ0) is 22.1. The van der Waals surface area contributed by atoms with E-state index in [0.717, 1.165) is 10.4 Å². The zero-order valence-corrected chi connectivity index (χ0v) is 18.6. The number of hydrogen-bond donors (Lipinski definition) is 2. The van der Waals surface area contributed by atoms with E-state index in [1.807, 2.05) is 13.8 Å². The van der Waals surface area contributed by atoms with Crippen LogP contribution in [0.4, 0.5) is 10.1 Å². The number of aromatic amines is 1. The average molecular weight is 459 g/mol. The molecule has 0 fully saturated rings. The van der Waals surface area contributed by atoms with Crippen LogP contribution in [0, 0.1) is 19.7 Å². The Hall–Kier alpha value is -3.05. The third-order valence-corrected chi connectivity index (χ3v) is 7.06. The van der Waals surface area contributed by atoms with Crippen molar-refractivity contribution in [2.45, 2.75) is 31.8 Å². The number of aryl methyl sites for hydroxylation is 2. The molecular weight excluding hydrogens is 439 g/mol. The van der Waals surface area contributed by atoms with E-state index in [2.05, 4.69) is 25.4 Å². The van der Waals surface area contributed by atoms with Gasteiger partial charge in [-0.1, -0.05) is 0 Å². The van der Waals surface area contributed by atoms with Crippen LogP contribution < -0.4 is 10.9 Å². The molecule has 0 unspecified atom stereocenters. The van der Waals surface area contributed by atoms with Crippen molar-refractivity contribution >= 4 is 44.9 Å². The summed E-state index contributed by atoms with van der Waals surface area (Å²) < 4.78 is 15.6. The second-order valence-corrected chi connectivity index (χ2v) is 9.46. The zero-order valence-electron chi connectivity index (χ0n) is 17.0. The van der Waals surface area contributed by atoms with Crippen molar-refractivity contribution in [3.8, 4) is 5.69 Å². The molecule has 0 aliphatic rings. The second-order valence-electron chi connectivity index (χ2n) is 6.92. The first-order valence-electron chi connectivity index (χ1n) is 9.39. The van der Waals surface area contributed by atoms with E-state index in [4.69, 9.17) is 0 Å². The maximum atomic E-state index is 14.3. The number of aromatic nitrogens is 5. The Morgan fingerprint density at radius 1 is 1.39 bits per heavy atom. The second kappa shape index (κ2) is 8.60. The van der Waals surface area contributed by atoms with Gasteiger partial charge in [-0.3, -0.25) is 9.59 Å². The van der Waals surface area contributed by atoms with Gasteiger partial charge < -0.3 is 10.3 Å². The lowest BCUT2D eigenvalue weighted by Gasteiger charge is -2.12. The number of nitrogens with zero attached hydrogens (tertiary/aromatic N) is 4. The van der Waals surface area contributed by atoms with Gasteiger partial charge in [-0.2, -0.15) is 5.10 Å². The number of nitrogens with one attached hydrogen (secondary N) is 2. The number of thioether (sulfide) groups is 1. The molecule has 0 saturated carbocycles. The molecule has 3 aromatic heterocycles. The van der Waals surface area contributed by atoms with Gasteiger partial charge in [0.1, 0.15) is 29.0 Å². The van der Waals surface area contributed by atoms with Crippen molar-refractivity contribution in [2.75, 3.05) is 5.32 Å². The molecule has 1 amide bonds. The predicted octanol–water partition coefficient (Wildman–Crippen LogP) is 3.58. The van der Waals surface area contributed by atoms with Gasteiger partial charge in [0.05, 0.1) is 16.4 Å². The van der Waals surface area contributed by atoms with Gasteiger partial charge in [-0.25, -0.2) is 19.0 Å². The number of H-pyrrole nitrogens is 1. The molecule has 0 radical (unpaired) electrons.